The molecule has 1 aromatic rings. The van der Waals surface area contributed by atoms with Crippen LogP contribution in [0, 0.1) is 5.92 Å². The lowest BCUT2D eigenvalue weighted by atomic mass is 10.0. The van der Waals surface area contributed by atoms with Crippen molar-refractivity contribution in [3.8, 4) is 0 Å². The van der Waals surface area contributed by atoms with Gasteiger partial charge < -0.3 is 5.32 Å². The summed E-state index contributed by atoms with van der Waals surface area (Å²) in [4.78, 5) is 8.14. The van der Waals surface area contributed by atoms with E-state index in [-0.39, 0.29) is 0 Å². The largest absolute Gasteiger partial charge is 0.370 e. The van der Waals surface area contributed by atoms with Crippen LogP contribution in [-0.4, -0.2) is 16.5 Å². The van der Waals surface area contributed by atoms with Crippen molar-refractivity contribution in [2.75, 3.05) is 11.9 Å². The Labute approximate surface area is 98.8 Å². The number of hydrogen-bond acceptors (Lipinski definition) is 3. The number of aromatic nitrogens is 2. The molecule has 0 aromatic carbocycles. The minimum absolute atomic E-state index is 0.834. The smallest absolute Gasteiger partial charge is 0.130 e. The quantitative estimate of drug-likeness (QED) is 0.853. The van der Waals surface area contributed by atoms with Gasteiger partial charge in [-0.2, -0.15) is 0 Å². The fourth-order valence-corrected chi connectivity index (χ4v) is 2.44. The van der Waals surface area contributed by atoms with Gasteiger partial charge in [0.05, 0.1) is 0 Å². The maximum Gasteiger partial charge on any atom is 0.130 e. The van der Waals surface area contributed by atoms with Gasteiger partial charge in [0, 0.05) is 12.6 Å². The first-order valence-electron chi connectivity index (χ1n) is 5.56. The highest BCUT2D eigenvalue weighted by molar-refractivity contribution is 9.10. The second kappa shape index (κ2) is 5.45. The van der Waals surface area contributed by atoms with E-state index in [9.17, 15) is 0 Å². The third kappa shape index (κ3) is 3.45. The molecule has 0 atom stereocenters. The lowest BCUT2D eigenvalue weighted by molar-refractivity contribution is 0.518. The number of halogens is 1. The molecule has 1 aromatic heterocycles. The molecule has 0 saturated heterocycles. The number of nitrogens with one attached hydrogen (secondary N) is 1. The van der Waals surface area contributed by atoms with E-state index in [0.717, 1.165) is 22.9 Å². The average molecular weight is 270 g/mol. The molecule has 2 rings (SSSR count). The predicted octanol–water partition coefficient (Wildman–Crippen LogP) is 3.23. The summed E-state index contributed by atoms with van der Waals surface area (Å²) >= 11 is 3.33. The van der Waals surface area contributed by atoms with Gasteiger partial charge in [-0.25, -0.2) is 9.97 Å². The molecule has 4 heteroatoms. The first-order valence-corrected chi connectivity index (χ1v) is 6.35. The Hall–Kier alpha value is -0.640. The van der Waals surface area contributed by atoms with Crippen LogP contribution >= 0.6 is 15.9 Å². The molecule has 1 saturated carbocycles. The normalized spacial score (nSPS) is 16.9. The van der Waals surface area contributed by atoms with Gasteiger partial charge in [0.1, 0.15) is 16.7 Å². The van der Waals surface area contributed by atoms with E-state index in [1.54, 1.807) is 6.33 Å². The maximum absolute atomic E-state index is 4.15. The highest BCUT2D eigenvalue weighted by Gasteiger charge is 2.13. The van der Waals surface area contributed by atoms with Crippen LogP contribution in [0.1, 0.15) is 32.1 Å². The Morgan fingerprint density at radius 1 is 1.33 bits per heavy atom. The summed E-state index contributed by atoms with van der Waals surface area (Å²) in [5.74, 6) is 1.85. The molecule has 15 heavy (non-hydrogen) atoms. The molecule has 82 valence electrons. The minimum Gasteiger partial charge on any atom is -0.370 e. The van der Waals surface area contributed by atoms with Gasteiger partial charge in [-0.1, -0.05) is 25.7 Å². The summed E-state index contributed by atoms with van der Waals surface area (Å²) in [6, 6.07) is 1.91. The molecule has 1 N–H and O–H groups in total. The number of nitrogens with zero attached hydrogens (tertiary/aromatic N) is 2. The van der Waals surface area contributed by atoms with Crippen molar-refractivity contribution >= 4 is 21.7 Å². The molecular weight excluding hydrogens is 254 g/mol. The van der Waals surface area contributed by atoms with Crippen molar-refractivity contribution in [2.45, 2.75) is 32.1 Å². The van der Waals surface area contributed by atoms with Crippen LogP contribution in [-0.2, 0) is 0 Å². The van der Waals surface area contributed by atoms with E-state index in [0.29, 0.717) is 0 Å². The number of anilines is 1. The topological polar surface area (TPSA) is 37.8 Å². The molecule has 0 unspecified atom stereocenters. The fraction of sp³-hybridized carbons (Fsp3) is 0.636. The molecule has 0 bridgehead atoms. The van der Waals surface area contributed by atoms with Gasteiger partial charge in [0.15, 0.2) is 0 Å². The zero-order valence-electron chi connectivity index (χ0n) is 8.75. The van der Waals surface area contributed by atoms with Crippen LogP contribution in [0.3, 0.4) is 0 Å². The van der Waals surface area contributed by atoms with Crippen LogP contribution in [0.5, 0.6) is 0 Å². The lowest BCUT2D eigenvalue weighted by Crippen LogP contribution is -2.07. The molecular formula is C11H16BrN3. The van der Waals surface area contributed by atoms with Crippen molar-refractivity contribution in [3.05, 3.63) is 17.0 Å². The van der Waals surface area contributed by atoms with Crippen molar-refractivity contribution in [2.24, 2.45) is 5.92 Å². The number of hydrogen-bond donors (Lipinski definition) is 1. The highest BCUT2D eigenvalue weighted by Crippen LogP contribution is 2.27. The zero-order valence-corrected chi connectivity index (χ0v) is 10.3. The Morgan fingerprint density at radius 3 is 2.87 bits per heavy atom. The van der Waals surface area contributed by atoms with E-state index in [2.05, 4.69) is 31.2 Å². The standard InChI is InChI=1S/C11H16BrN3/c12-10-7-11(15-8-14-10)13-6-5-9-3-1-2-4-9/h7-9H,1-6H2,(H,13,14,15). The van der Waals surface area contributed by atoms with Gasteiger partial charge in [-0.3, -0.25) is 0 Å². The summed E-state index contributed by atoms with van der Waals surface area (Å²) in [5.41, 5.74) is 0. The average Bonchev–Trinajstić information content (AvgIpc) is 2.71. The van der Waals surface area contributed by atoms with Crippen molar-refractivity contribution in [1.29, 1.82) is 0 Å². The summed E-state index contributed by atoms with van der Waals surface area (Å²) in [6.45, 7) is 1.02. The summed E-state index contributed by atoms with van der Waals surface area (Å²) < 4.78 is 0.834. The molecule has 1 aliphatic rings. The van der Waals surface area contributed by atoms with Crippen molar-refractivity contribution in [3.63, 3.8) is 0 Å². The monoisotopic (exact) mass is 269 g/mol. The lowest BCUT2D eigenvalue weighted by Gasteiger charge is -2.09. The van der Waals surface area contributed by atoms with E-state index in [1.807, 2.05) is 6.07 Å². The summed E-state index contributed by atoms with van der Waals surface area (Å²) in [6.07, 6.45) is 8.50. The molecule has 0 radical (unpaired) electrons. The minimum atomic E-state index is 0.834. The van der Waals surface area contributed by atoms with Crippen LogP contribution in [0.25, 0.3) is 0 Å². The van der Waals surface area contributed by atoms with E-state index in [4.69, 9.17) is 0 Å². The molecule has 0 aliphatic heterocycles. The van der Waals surface area contributed by atoms with Gasteiger partial charge >= 0.3 is 0 Å². The molecule has 3 nitrogen and oxygen atoms in total. The Morgan fingerprint density at radius 2 is 2.13 bits per heavy atom. The fourth-order valence-electron chi connectivity index (χ4n) is 2.13. The second-order valence-electron chi connectivity index (χ2n) is 4.09. The Bertz CT molecular complexity index is 310. The van der Waals surface area contributed by atoms with Crippen molar-refractivity contribution in [1.82, 2.24) is 9.97 Å². The summed E-state index contributed by atoms with van der Waals surface area (Å²) in [7, 11) is 0. The molecule has 1 heterocycles. The van der Waals surface area contributed by atoms with Gasteiger partial charge in [-0.05, 0) is 28.3 Å². The van der Waals surface area contributed by atoms with Gasteiger partial charge in [0.2, 0.25) is 0 Å². The van der Waals surface area contributed by atoms with Crippen molar-refractivity contribution < 1.29 is 0 Å². The van der Waals surface area contributed by atoms with Crippen LogP contribution in [0.2, 0.25) is 0 Å². The maximum atomic E-state index is 4.15. The van der Waals surface area contributed by atoms with E-state index in [1.165, 1.54) is 32.1 Å². The van der Waals surface area contributed by atoms with Crippen LogP contribution < -0.4 is 5.32 Å². The Kier molecular flexibility index (Phi) is 3.94. The van der Waals surface area contributed by atoms with Gasteiger partial charge in [0.25, 0.3) is 0 Å². The first-order chi connectivity index (χ1) is 7.34. The van der Waals surface area contributed by atoms with Crippen LogP contribution in [0.15, 0.2) is 17.0 Å². The zero-order chi connectivity index (χ0) is 10.5. The SMILES string of the molecule is Brc1cc(NCCC2CCCC2)ncn1. The van der Waals surface area contributed by atoms with Gasteiger partial charge in [-0.15, -0.1) is 0 Å². The third-order valence-corrected chi connectivity index (χ3v) is 3.40. The number of rotatable bonds is 4. The first kappa shape index (κ1) is 10.9. The van der Waals surface area contributed by atoms with E-state index >= 15 is 0 Å². The second-order valence-corrected chi connectivity index (χ2v) is 4.90. The Balaban J connectivity index is 1.73. The summed E-state index contributed by atoms with van der Waals surface area (Å²) in [5, 5.41) is 3.33. The van der Waals surface area contributed by atoms with Crippen LogP contribution in [0.4, 0.5) is 5.82 Å². The molecule has 1 fully saturated rings. The highest BCUT2D eigenvalue weighted by atomic mass is 79.9. The molecule has 0 spiro atoms. The molecule has 0 amide bonds. The van der Waals surface area contributed by atoms with E-state index < -0.39 is 0 Å². The molecule has 1 aliphatic carbocycles. The predicted molar refractivity (Wildman–Crippen MR) is 64.8 cm³/mol. The third-order valence-electron chi connectivity index (χ3n) is 2.97.